The summed E-state index contributed by atoms with van der Waals surface area (Å²) in [5.41, 5.74) is 0.730. The molecule has 0 aromatic carbocycles. The Morgan fingerprint density at radius 2 is 1.89 bits per heavy atom. The molecular formula is C12H14F3N5O5S3. The zero-order chi connectivity index (χ0) is 21.3. The molecule has 0 aliphatic rings. The number of aromatic nitrogens is 2. The van der Waals surface area contributed by atoms with Gasteiger partial charge in [-0.05, 0) is 18.2 Å². The molecule has 0 saturated carbocycles. The molecule has 0 unspecified atom stereocenters. The average molecular weight is 461 g/mol. The van der Waals surface area contributed by atoms with Gasteiger partial charge in [0.1, 0.15) is 15.6 Å². The van der Waals surface area contributed by atoms with Crippen molar-refractivity contribution in [3.05, 3.63) is 23.9 Å². The van der Waals surface area contributed by atoms with Crippen LogP contribution in [-0.2, 0) is 38.1 Å². The van der Waals surface area contributed by atoms with Crippen LogP contribution in [0.5, 0.6) is 0 Å². The van der Waals surface area contributed by atoms with E-state index in [0.717, 1.165) is 25.4 Å². The molecule has 0 bridgehead atoms. The number of amides is 1. The third-order valence-corrected chi connectivity index (χ3v) is 6.54. The molecule has 2 rings (SSSR count). The third-order valence-electron chi connectivity index (χ3n) is 3.07. The molecule has 2 aromatic heterocycles. The Morgan fingerprint density at radius 1 is 1.25 bits per heavy atom. The highest BCUT2D eigenvalue weighted by molar-refractivity contribution is 7.91. The van der Waals surface area contributed by atoms with Crippen molar-refractivity contribution in [1.29, 1.82) is 0 Å². The lowest BCUT2D eigenvalue weighted by Crippen LogP contribution is -2.45. The van der Waals surface area contributed by atoms with E-state index in [1.807, 2.05) is 4.72 Å². The van der Waals surface area contributed by atoms with E-state index in [9.17, 15) is 34.8 Å². The topological polar surface area (TPSA) is 139 Å². The summed E-state index contributed by atoms with van der Waals surface area (Å²) in [6, 6.07) is 3.23. The summed E-state index contributed by atoms with van der Waals surface area (Å²) in [6.45, 7) is -0.764. The van der Waals surface area contributed by atoms with Crippen LogP contribution >= 0.6 is 11.3 Å². The Labute approximate surface area is 161 Å². The van der Waals surface area contributed by atoms with Crippen LogP contribution in [0.3, 0.4) is 0 Å². The highest BCUT2D eigenvalue weighted by Gasteiger charge is 2.35. The molecule has 0 aliphatic carbocycles. The number of sulfonamides is 2. The van der Waals surface area contributed by atoms with Crippen LogP contribution in [0.25, 0.3) is 10.6 Å². The van der Waals surface area contributed by atoms with E-state index in [0.29, 0.717) is 16.0 Å². The van der Waals surface area contributed by atoms with Crippen molar-refractivity contribution in [3.63, 3.8) is 0 Å². The maximum atomic E-state index is 12.8. The predicted octanol–water partition coefficient (Wildman–Crippen LogP) is 0.0261. The van der Waals surface area contributed by atoms with Gasteiger partial charge in [-0.1, -0.05) is 0 Å². The minimum absolute atomic E-state index is 0.0589. The molecule has 0 saturated heterocycles. The molecule has 28 heavy (non-hydrogen) atoms. The summed E-state index contributed by atoms with van der Waals surface area (Å²) < 4.78 is 86.9. The minimum Gasteiger partial charge on any atom is -0.277 e. The van der Waals surface area contributed by atoms with Crippen LogP contribution in [0.4, 0.5) is 13.2 Å². The van der Waals surface area contributed by atoms with Crippen molar-refractivity contribution in [2.24, 2.45) is 7.05 Å². The van der Waals surface area contributed by atoms with Crippen molar-refractivity contribution >= 4 is 37.3 Å². The van der Waals surface area contributed by atoms with Crippen LogP contribution in [0.15, 0.2) is 22.4 Å². The molecule has 0 spiro atoms. The van der Waals surface area contributed by atoms with Gasteiger partial charge in [0.15, 0.2) is 0 Å². The number of carbonyl (C=O) groups excluding carboxylic acids is 1. The van der Waals surface area contributed by atoms with Gasteiger partial charge in [0.05, 0.1) is 17.7 Å². The first-order chi connectivity index (χ1) is 12.7. The fraction of sp³-hybridized carbons (Fsp3) is 0.333. The van der Waals surface area contributed by atoms with Crippen molar-refractivity contribution in [1.82, 2.24) is 24.8 Å². The molecule has 0 aliphatic heterocycles. The molecule has 2 heterocycles. The molecule has 0 radical (unpaired) electrons. The number of hydrogen-bond acceptors (Lipinski definition) is 7. The summed E-state index contributed by atoms with van der Waals surface area (Å²) in [4.78, 5) is 13.3. The summed E-state index contributed by atoms with van der Waals surface area (Å²) in [6.07, 6.45) is -3.83. The third kappa shape index (κ3) is 5.74. The van der Waals surface area contributed by atoms with E-state index in [4.69, 9.17) is 0 Å². The number of rotatable bonds is 7. The second-order valence-corrected chi connectivity index (χ2v) is 10.2. The maximum Gasteiger partial charge on any atom is 0.433 e. The molecule has 156 valence electrons. The number of hydrazine groups is 1. The van der Waals surface area contributed by atoms with Crippen LogP contribution < -0.4 is 15.0 Å². The summed E-state index contributed by atoms with van der Waals surface area (Å²) in [7, 11) is -6.75. The number of nitrogens with one attached hydrogen (secondary N) is 3. The lowest BCUT2D eigenvalue weighted by atomic mass is 10.3. The first-order valence-corrected chi connectivity index (χ1v) is 11.3. The number of alkyl halides is 3. The Hall–Kier alpha value is -2.01. The molecule has 16 heteroatoms. The fourth-order valence-corrected chi connectivity index (χ4v) is 4.47. The van der Waals surface area contributed by atoms with Crippen molar-refractivity contribution in [3.8, 4) is 10.6 Å². The molecule has 0 fully saturated rings. The fourth-order valence-electron chi connectivity index (χ4n) is 1.88. The van der Waals surface area contributed by atoms with E-state index >= 15 is 0 Å². The smallest absolute Gasteiger partial charge is 0.277 e. The van der Waals surface area contributed by atoms with E-state index < -0.39 is 44.4 Å². The van der Waals surface area contributed by atoms with E-state index in [1.54, 1.807) is 10.3 Å². The Bertz CT molecular complexity index is 1090. The van der Waals surface area contributed by atoms with E-state index in [1.165, 1.54) is 6.07 Å². The van der Waals surface area contributed by atoms with Crippen molar-refractivity contribution in [2.45, 2.75) is 10.4 Å². The number of carbonyl (C=O) groups is 1. The van der Waals surface area contributed by atoms with Gasteiger partial charge in [-0.15, -0.1) is 16.2 Å². The number of hydrogen-bond donors (Lipinski definition) is 3. The van der Waals surface area contributed by atoms with Crippen molar-refractivity contribution in [2.75, 3.05) is 12.8 Å². The van der Waals surface area contributed by atoms with Gasteiger partial charge in [-0.2, -0.15) is 18.3 Å². The van der Waals surface area contributed by atoms with E-state index in [2.05, 4.69) is 5.10 Å². The molecule has 1 amide bonds. The lowest BCUT2D eigenvalue weighted by molar-refractivity contribution is -0.143. The summed E-state index contributed by atoms with van der Waals surface area (Å²) in [5.74, 6) is -0.967. The Kier molecular flexibility index (Phi) is 6.19. The van der Waals surface area contributed by atoms with Gasteiger partial charge in [0.25, 0.3) is 10.0 Å². The van der Waals surface area contributed by atoms with Gasteiger partial charge in [0.2, 0.25) is 15.9 Å². The summed E-state index contributed by atoms with van der Waals surface area (Å²) >= 11 is 0.658. The highest BCUT2D eigenvalue weighted by atomic mass is 32.2. The molecule has 2 aromatic rings. The van der Waals surface area contributed by atoms with Crippen molar-refractivity contribution < 1.29 is 34.8 Å². The first kappa shape index (κ1) is 22.3. The zero-order valence-electron chi connectivity index (χ0n) is 14.2. The molecule has 3 N–H and O–H groups in total. The monoisotopic (exact) mass is 461 g/mol. The highest BCUT2D eigenvalue weighted by Crippen LogP contribution is 2.35. The number of nitrogens with zero attached hydrogens (tertiary/aromatic N) is 2. The number of halogens is 3. The largest absolute Gasteiger partial charge is 0.433 e. The van der Waals surface area contributed by atoms with Gasteiger partial charge in [0, 0.05) is 7.05 Å². The van der Waals surface area contributed by atoms with Gasteiger partial charge in [-0.3, -0.25) is 14.9 Å². The lowest BCUT2D eigenvalue weighted by Gasteiger charge is -2.06. The van der Waals surface area contributed by atoms with Gasteiger partial charge < -0.3 is 0 Å². The normalized spacial score (nSPS) is 12.9. The first-order valence-electron chi connectivity index (χ1n) is 7.16. The summed E-state index contributed by atoms with van der Waals surface area (Å²) in [5, 5.41) is 3.73. The maximum absolute atomic E-state index is 12.8. The minimum atomic E-state index is -4.61. The predicted molar refractivity (Wildman–Crippen MR) is 92.8 cm³/mol. The second-order valence-electron chi connectivity index (χ2n) is 5.40. The average Bonchev–Trinajstić information content (AvgIpc) is 3.16. The zero-order valence-corrected chi connectivity index (χ0v) is 16.7. The van der Waals surface area contributed by atoms with Gasteiger partial charge >= 0.3 is 6.18 Å². The second kappa shape index (κ2) is 7.78. The number of aryl methyl sites for hydroxylation is 1. The molecular weight excluding hydrogens is 447 g/mol. The SMILES string of the molecule is Cn1nc(-c2ccc(S(=O)(=O)NCC(=O)NNS(C)(=O)=O)s2)cc1C(F)(F)F. The van der Waals surface area contributed by atoms with Crippen LogP contribution in [-0.4, -0.2) is 45.3 Å². The van der Waals surface area contributed by atoms with Crippen LogP contribution in [0, 0.1) is 0 Å². The van der Waals surface area contributed by atoms with Gasteiger partial charge in [-0.25, -0.2) is 21.6 Å². The Morgan fingerprint density at radius 3 is 2.43 bits per heavy atom. The quantitative estimate of drug-likeness (QED) is 0.497. The van der Waals surface area contributed by atoms with Crippen LogP contribution in [0.2, 0.25) is 0 Å². The number of thiophene rings is 1. The van der Waals surface area contributed by atoms with Crippen LogP contribution in [0.1, 0.15) is 5.69 Å². The molecule has 0 atom stereocenters. The molecule has 10 nitrogen and oxygen atoms in total. The standard InChI is InChI=1S/C12H14F3N5O5S3/c1-20-9(12(13,14)15)5-7(18-20)8-3-4-11(26-8)28(24,25)16-6-10(21)17-19-27(2,22)23/h3-5,16,19H,6H2,1-2H3,(H,17,21). The Balaban J connectivity index is 2.11. The van der Waals surface area contributed by atoms with E-state index in [-0.39, 0.29) is 14.8 Å².